The van der Waals surface area contributed by atoms with E-state index in [2.05, 4.69) is 15.3 Å². The van der Waals surface area contributed by atoms with Crippen LogP contribution in [0.25, 0.3) is 0 Å². The lowest BCUT2D eigenvalue weighted by molar-refractivity contribution is -0.136. The zero-order valence-corrected chi connectivity index (χ0v) is 14.6. The molecule has 0 aliphatic carbocycles. The zero-order valence-electron chi connectivity index (χ0n) is 13.0. The highest BCUT2D eigenvalue weighted by atomic mass is 35.5. The molecule has 1 aliphatic heterocycles. The van der Waals surface area contributed by atoms with Gasteiger partial charge in [-0.2, -0.15) is 0 Å². The maximum absolute atomic E-state index is 12.5. The minimum absolute atomic E-state index is 0. The number of piperazine rings is 1. The molecule has 1 N–H and O–H groups in total. The number of aromatic nitrogens is 2. The van der Waals surface area contributed by atoms with E-state index in [-0.39, 0.29) is 43.4 Å². The summed E-state index contributed by atoms with van der Waals surface area (Å²) in [5, 5.41) is 3.32. The minimum atomic E-state index is -0.0285. The summed E-state index contributed by atoms with van der Waals surface area (Å²) in [6.07, 6.45) is 6.81. The number of hydrogen-bond donors (Lipinski definition) is 1. The number of nitrogens with zero attached hydrogens (tertiary/aromatic N) is 3. The summed E-state index contributed by atoms with van der Waals surface area (Å²) in [5.41, 5.74) is 1.03. The fraction of sp³-hybridized carbons (Fsp3) is 0.312. The fourth-order valence-electron chi connectivity index (χ4n) is 2.53. The zero-order chi connectivity index (χ0) is 15.2. The van der Waals surface area contributed by atoms with Crippen LogP contribution in [0.4, 0.5) is 0 Å². The summed E-state index contributed by atoms with van der Waals surface area (Å²) in [7, 11) is 0. The van der Waals surface area contributed by atoms with E-state index in [1.807, 2.05) is 17.0 Å². The van der Waals surface area contributed by atoms with Crippen LogP contribution in [0.5, 0.6) is 5.75 Å². The number of halogens is 2. The third kappa shape index (κ3) is 5.06. The molecule has 0 bridgehead atoms. The van der Waals surface area contributed by atoms with Crippen LogP contribution in [0.3, 0.4) is 0 Å². The van der Waals surface area contributed by atoms with Crippen molar-refractivity contribution in [3.63, 3.8) is 0 Å². The van der Waals surface area contributed by atoms with Crippen molar-refractivity contribution in [1.82, 2.24) is 20.2 Å². The molecule has 2 aromatic heterocycles. The van der Waals surface area contributed by atoms with Gasteiger partial charge in [0.15, 0.2) is 6.61 Å². The van der Waals surface area contributed by atoms with Crippen molar-refractivity contribution in [1.29, 1.82) is 0 Å². The molecule has 1 atom stereocenters. The Labute approximate surface area is 153 Å². The number of carbonyl (C=O) groups excluding carboxylic acids is 1. The van der Waals surface area contributed by atoms with Crippen LogP contribution in [-0.2, 0) is 4.79 Å². The van der Waals surface area contributed by atoms with Gasteiger partial charge in [0, 0.05) is 38.2 Å². The van der Waals surface area contributed by atoms with Gasteiger partial charge >= 0.3 is 0 Å². The first-order valence-electron chi connectivity index (χ1n) is 7.27. The van der Waals surface area contributed by atoms with Gasteiger partial charge in [-0.15, -0.1) is 24.8 Å². The number of pyridine rings is 2. The van der Waals surface area contributed by atoms with Gasteiger partial charge in [0.1, 0.15) is 5.75 Å². The molecule has 0 radical (unpaired) electrons. The van der Waals surface area contributed by atoms with Gasteiger partial charge in [-0.25, -0.2) is 0 Å². The first kappa shape index (κ1) is 20.2. The van der Waals surface area contributed by atoms with Crippen LogP contribution in [0, 0.1) is 0 Å². The Morgan fingerprint density at radius 2 is 1.96 bits per heavy atom. The predicted molar refractivity (Wildman–Crippen MR) is 95.8 cm³/mol. The van der Waals surface area contributed by atoms with Crippen molar-refractivity contribution in [3.05, 3.63) is 54.6 Å². The number of nitrogens with one attached hydrogen (secondary N) is 1. The molecule has 24 heavy (non-hydrogen) atoms. The molecule has 1 saturated heterocycles. The Morgan fingerprint density at radius 3 is 2.62 bits per heavy atom. The van der Waals surface area contributed by atoms with E-state index in [9.17, 15) is 4.79 Å². The Balaban J connectivity index is 0.00000144. The van der Waals surface area contributed by atoms with Gasteiger partial charge in [-0.05, 0) is 23.8 Å². The molecule has 3 heterocycles. The molecular weight excluding hydrogens is 351 g/mol. The van der Waals surface area contributed by atoms with Crippen molar-refractivity contribution < 1.29 is 9.53 Å². The van der Waals surface area contributed by atoms with Gasteiger partial charge in [0.05, 0.1) is 12.2 Å². The second-order valence-electron chi connectivity index (χ2n) is 5.07. The molecule has 8 heteroatoms. The molecular formula is C16H20Cl2N4O2. The van der Waals surface area contributed by atoms with Crippen LogP contribution in [0.15, 0.2) is 49.1 Å². The van der Waals surface area contributed by atoms with E-state index in [1.165, 1.54) is 0 Å². The lowest BCUT2D eigenvalue weighted by Gasteiger charge is -2.36. The van der Waals surface area contributed by atoms with E-state index in [1.54, 1.807) is 36.9 Å². The first-order chi connectivity index (χ1) is 10.8. The number of rotatable bonds is 4. The van der Waals surface area contributed by atoms with Crippen molar-refractivity contribution in [2.45, 2.75) is 6.04 Å². The number of amides is 1. The van der Waals surface area contributed by atoms with Crippen LogP contribution in [0.1, 0.15) is 11.6 Å². The van der Waals surface area contributed by atoms with Crippen LogP contribution in [0.2, 0.25) is 0 Å². The summed E-state index contributed by atoms with van der Waals surface area (Å²) in [5.74, 6) is 0.572. The molecule has 1 amide bonds. The first-order valence-corrected chi connectivity index (χ1v) is 7.27. The van der Waals surface area contributed by atoms with Gasteiger partial charge in [0.25, 0.3) is 5.91 Å². The SMILES string of the molecule is Cl.Cl.O=C(COc1cccnc1)N1CCNCC1c1cccnc1. The molecule has 1 aliphatic rings. The lowest BCUT2D eigenvalue weighted by Crippen LogP contribution is -2.50. The molecule has 0 aromatic carbocycles. The Morgan fingerprint density at radius 1 is 1.21 bits per heavy atom. The lowest BCUT2D eigenvalue weighted by atomic mass is 10.1. The largest absolute Gasteiger partial charge is 0.482 e. The van der Waals surface area contributed by atoms with Crippen molar-refractivity contribution in [2.24, 2.45) is 0 Å². The number of carbonyl (C=O) groups is 1. The van der Waals surface area contributed by atoms with Gasteiger partial charge in [0.2, 0.25) is 0 Å². The van der Waals surface area contributed by atoms with E-state index in [4.69, 9.17) is 4.74 Å². The third-order valence-electron chi connectivity index (χ3n) is 3.63. The molecule has 1 fully saturated rings. The fourth-order valence-corrected chi connectivity index (χ4v) is 2.53. The summed E-state index contributed by atoms with van der Waals surface area (Å²) in [6, 6.07) is 7.44. The second-order valence-corrected chi connectivity index (χ2v) is 5.07. The predicted octanol–water partition coefficient (Wildman–Crippen LogP) is 1.87. The molecule has 0 spiro atoms. The minimum Gasteiger partial charge on any atom is -0.482 e. The Kier molecular flexibility index (Phi) is 8.46. The Bertz CT molecular complexity index is 616. The van der Waals surface area contributed by atoms with Crippen molar-refractivity contribution >= 4 is 30.7 Å². The van der Waals surface area contributed by atoms with Crippen molar-refractivity contribution in [3.8, 4) is 5.75 Å². The topological polar surface area (TPSA) is 67.3 Å². The highest BCUT2D eigenvalue weighted by Gasteiger charge is 2.28. The van der Waals surface area contributed by atoms with Crippen molar-refractivity contribution in [2.75, 3.05) is 26.2 Å². The van der Waals surface area contributed by atoms with Crippen LogP contribution >= 0.6 is 24.8 Å². The normalized spacial score (nSPS) is 16.5. The highest BCUT2D eigenvalue weighted by molar-refractivity contribution is 5.85. The van der Waals surface area contributed by atoms with Gasteiger partial charge in [-0.3, -0.25) is 14.8 Å². The summed E-state index contributed by atoms with van der Waals surface area (Å²) in [6.45, 7) is 2.19. The maximum atomic E-state index is 12.5. The average Bonchev–Trinajstić information content (AvgIpc) is 2.61. The average molecular weight is 371 g/mol. The summed E-state index contributed by atoms with van der Waals surface area (Å²) >= 11 is 0. The van der Waals surface area contributed by atoms with Gasteiger partial charge < -0.3 is 15.0 Å². The van der Waals surface area contributed by atoms with E-state index < -0.39 is 0 Å². The summed E-state index contributed by atoms with van der Waals surface area (Å²) in [4.78, 5) is 22.5. The second kappa shape index (κ2) is 10.1. The molecule has 0 saturated carbocycles. The molecule has 130 valence electrons. The smallest absolute Gasteiger partial charge is 0.261 e. The molecule has 3 rings (SSSR count). The van der Waals surface area contributed by atoms with Crippen LogP contribution < -0.4 is 10.1 Å². The third-order valence-corrected chi connectivity index (χ3v) is 3.63. The van der Waals surface area contributed by atoms with E-state index >= 15 is 0 Å². The maximum Gasteiger partial charge on any atom is 0.261 e. The number of hydrogen-bond acceptors (Lipinski definition) is 5. The van der Waals surface area contributed by atoms with Gasteiger partial charge in [-0.1, -0.05) is 6.07 Å². The quantitative estimate of drug-likeness (QED) is 0.889. The Hall–Kier alpha value is -1.89. The summed E-state index contributed by atoms with van der Waals surface area (Å²) < 4.78 is 5.52. The molecule has 1 unspecified atom stereocenters. The standard InChI is InChI=1S/C16H18N4O2.2ClH/c21-16(12-22-14-4-2-6-18-10-14)20-8-7-19-11-15(20)13-3-1-5-17-9-13;;/h1-6,9-10,15,19H,7-8,11-12H2;2*1H. The molecule has 6 nitrogen and oxygen atoms in total. The highest BCUT2D eigenvalue weighted by Crippen LogP contribution is 2.21. The van der Waals surface area contributed by atoms with Crippen LogP contribution in [-0.4, -0.2) is 47.0 Å². The monoisotopic (exact) mass is 370 g/mol. The van der Waals surface area contributed by atoms with E-state index in [0.29, 0.717) is 12.3 Å². The molecule has 2 aromatic rings. The number of ether oxygens (including phenoxy) is 1. The van der Waals surface area contributed by atoms with E-state index in [0.717, 1.165) is 18.7 Å².